The van der Waals surface area contributed by atoms with Crippen molar-refractivity contribution in [2.45, 2.75) is 49.6 Å². The van der Waals surface area contributed by atoms with Crippen molar-refractivity contribution in [3.8, 4) is 5.75 Å². The van der Waals surface area contributed by atoms with Crippen LogP contribution in [0.1, 0.15) is 48.5 Å². The second-order valence-electron chi connectivity index (χ2n) is 10.8. The van der Waals surface area contributed by atoms with Gasteiger partial charge < -0.3 is 43.8 Å². The van der Waals surface area contributed by atoms with Crippen LogP contribution in [0.3, 0.4) is 0 Å². The first-order valence-electron chi connectivity index (χ1n) is 13.0. The van der Waals surface area contributed by atoms with Gasteiger partial charge in [-0.25, -0.2) is 9.18 Å². The third kappa shape index (κ3) is 5.42. The second-order valence-corrected chi connectivity index (χ2v) is 14.8. The Hall–Kier alpha value is -2.80. The molecule has 224 valence electrons. The van der Waals surface area contributed by atoms with Crippen LogP contribution in [0.25, 0.3) is 10.9 Å². The minimum Gasteiger partial charge on any atom is -0.492 e. The minimum atomic E-state index is -5.30. The van der Waals surface area contributed by atoms with Gasteiger partial charge in [0.1, 0.15) is 11.3 Å². The smallest absolute Gasteiger partial charge is 0.341 e. The highest BCUT2D eigenvalue weighted by molar-refractivity contribution is 7.70. The van der Waals surface area contributed by atoms with Crippen LogP contribution >= 0.6 is 15.2 Å². The first-order chi connectivity index (χ1) is 19.1. The van der Waals surface area contributed by atoms with Gasteiger partial charge >= 0.3 is 21.2 Å². The number of likely N-dealkylation sites (tertiary alicyclic amines) is 1. The van der Waals surface area contributed by atoms with E-state index in [4.69, 9.17) is 4.74 Å². The highest BCUT2D eigenvalue weighted by Gasteiger charge is 2.48. The van der Waals surface area contributed by atoms with Crippen molar-refractivity contribution in [2.75, 3.05) is 31.6 Å². The third-order valence-corrected chi connectivity index (χ3v) is 11.8. The summed E-state index contributed by atoms with van der Waals surface area (Å²) < 4.78 is 46.5. The molecule has 14 nitrogen and oxygen atoms in total. The van der Waals surface area contributed by atoms with Crippen molar-refractivity contribution in [1.82, 2.24) is 9.47 Å². The lowest BCUT2D eigenvalue weighted by Gasteiger charge is -2.37. The van der Waals surface area contributed by atoms with Crippen LogP contribution in [-0.2, 0) is 13.9 Å². The monoisotopic (exact) mass is 617 g/mol. The van der Waals surface area contributed by atoms with E-state index in [2.05, 4.69) is 0 Å². The number of anilines is 1. The molecule has 2 aromatic rings. The zero-order valence-electron chi connectivity index (χ0n) is 21.9. The molecule has 2 saturated heterocycles. The number of carboxylic acids is 1. The topological polar surface area (TPSA) is 207 Å². The standard InChI is InChI=1S/C24H30FN3O11P2/c1-39-23-20-14(22(30)15(24(31)32)10-28(20)13-4-5-13)7-16(25)21(23)26-9-12-3-2-6-27(17(12)11-26)18(29)8-19(40(33,34)35)41(36,37)38/h7,10,12-13,17,19H,2-6,8-9,11H2,1H3,(H,31,32)(H2,33,34,35)(H2,36,37,38)/t12-,17+/m0/s1. The number of aromatic carboxylic acids is 1. The molecule has 5 rings (SSSR count). The van der Waals surface area contributed by atoms with Gasteiger partial charge in [-0.05, 0) is 37.7 Å². The Morgan fingerprint density at radius 3 is 2.34 bits per heavy atom. The van der Waals surface area contributed by atoms with Crippen molar-refractivity contribution in [3.63, 3.8) is 0 Å². The molecule has 17 heteroatoms. The fourth-order valence-corrected chi connectivity index (χ4v) is 8.46. The van der Waals surface area contributed by atoms with Crippen LogP contribution in [0.15, 0.2) is 17.1 Å². The molecule has 1 aliphatic carbocycles. The average molecular weight is 617 g/mol. The summed E-state index contributed by atoms with van der Waals surface area (Å²) in [7, 11) is -9.30. The molecule has 0 spiro atoms. The normalized spacial score (nSPS) is 21.4. The van der Waals surface area contributed by atoms with Gasteiger partial charge in [0.15, 0.2) is 17.0 Å². The summed E-state index contributed by atoms with van der Waals surface area (Å²) in [6.07, 6.45) is 2.85. The van der Waals surface area contributed by atoms with E-state index in [-0.39, 0.29) is 53.9 Å². The van der Waals surface area contributed by atoms with E-state index in [1.54, 1.807) is 9.47 Å². The number of piperidine rings is 1. The maximum Gasteiger partial charge on any atom is 0.341 e. The molecule has 3 heterocycles. The van der Waals surface area contributed by atoms with Crippen LogP contribution in [0, 0.1) is 11.7 Å². The number of rotatable bonds is 8. The quantitative estimate of drug-likeness (QED) is 0.268. The first kappa shape index (κ1) is 29.7. The fourth-order valence-electron chi connectivity index (χ4n) is 6.10. The number of hydrogen-bond acceptors (Lipinski definition) is 7. The Labute approximate surface area is 232 Å². The van der Waals surface area contributed by atoms with Crippen molar-refractivity contribution < 1.29 is 52.5 Å². The van der Waals surface area contributed by atoms with Gasteiger partial charge in [0.25, 0.3) is 0 Å². The van der Waals surface area contributed by atoms with E-state index in [0.29, 0.717) is 12.8 Å². The van der Waals surface area contributed by atoms with E-state index < -0.39 is 61.7 Å². The van der Waals surface area contributed by atoms with Crippen LogP contribution in [0.2, 0.25) is 0 Å². The molecule has 0 radical (unpaired) electrons. The Morgan fingerprint density at radius 1 is 1.12 bits per heavy atom. The number of pyridine rings is 1. The molecular weight excluding hydrogens is 587 g/mol. The lowest BCUT2D eigenvalue weighted by Crippen LogP contribution is -2.49. The molecule has 5 N–H and O–H groups in total. The molecule has 3 fully saturated rings. The number of benzene rings is 1. The third-order valence-electron chi connectivity index (χ3n) is 8.12. The summed E-state index contributed by atoms with van der Waals surface area (Å²) in [6.45, 7) is 0.556. The summed E-state index contributed by atoms with van der Waals surface area (Å²) in [5, 5.41) is 6.94. The number of halogens is 1. The number of methoxy groups -OCH3 is 1. The molecule has 2 atom stereocenters. The van der Waals surface area contributed by atoms with E-state index in [1.165, 1.54) is 18.2 Å². The van der Waals surface area contributed by atoms with Gasteiger partial charge in [0.05, 0.1) is 30.5 Å². The molecular formula is C24H30FN3O11P2. The van der Waals surface area contributed by atoms with Gasteiger partial charge in [0.2, 0.25) is 11.3 Å². The van der Waals surface area contributed by atoms with Crippen LogP contribution < -0.4 is 15.1 Å². The summed E-state index contributed by atoms with van der Waals surface area (Å²) >= 11 is 0. The van der Waals surface area contributed by atoms with Crippen molar-refractivity contribution >= 4 is 43.7 Å². The van der Waals surface area contributed by atoms with Gasteiger partial charge in [0, 0.05) is 31.9 Å². The first-order valence-corrected chi connectivity index (χ1v) is 16.3. The number of carbonyl (C=O) groups is 2. The number of carbonyl (C=O) groups excluding carboxylic acids is 1. The van der Waals surface area contributed by atoms with E-state index in [1.807, 2.05) is 0 Å². The minimum absolute atomic E-state index is 0.0296. The molecule has 1 aromatic carbocycles. The number of nitrogens with zero attached hydrogens (tertiary/aromatic N) is 3. The Balaban J connectivity index is 1.52. The van der Waals surface area contributed by atoms with Gasteiger partial charge in [-0.2, -0.15) is 0 Å². The second kappa shape index (κ2) is 10.5. The maximum absolute atomic E-state index is 15.8. The van der Waals surface area contributed by atoms with Gasteiger partial charge in [-0.1, -0.05) is 0 Å². The van der Waals surface area contributed by atoms with Crippen molar-refractivity contribution in [2.24, 2.45) is 5.92 Å². The summed E-state index contributed by atoms with van der Waals surface area (Å²) in [5.41, 5.74) is -1.04. The molecule has 2 aliphatic heterocycles. The zero-order chi connectivity index (χ0) is 30.0. The molecule has 3 aliphatic rings. The average Bonchev–Trinajstić information content (AvgIpc) is 3.62. The lowest BCUT2D eigenvalue weighted by atomic mass is 9.92. The summed E-state index contributed by atoms with van der Waals surface area (Å²) in [4.78, 5) is 78.7. The predicted octanol–water partition coefficient (Wildman–Crippen LogP) is 1.68. The number of amides is 1. The van der Waals surface area contributed by atoms with Gasteiger partial charge in [-0.3, -0.25) is 18.7 Å². The Morgan fingerprint density at radius 2 is 1.78 bits per heavy atom. The maximum atomic E-state index is 15.8. The van der Waals surface area contributed by atoms with Crippen LogP contribution in [0.4, 0.5) is 10.1 Å². The predicted molar refractivity (Wildman–Crippen MR) is 143 cm³/mol. The number of fused-ring (bicyclic) bond motifs is 2. The van der Waals surface area contributed by atoms with E-state index >= 15 is 4.39 Å². The van der Waals surface area contributed by atoms with E-state index in [9.17, 15) is 48.2 Å². The van der Waals surface area contributed by atoms with Crippen LogP contribution in [-0.4, -0.2) is 84.2 Å². The zero-order valence-corrected chi connectivity index (χ0v) is 23.7. The number of hydrogen-bond donors (Lipinski definition) is 5. The lowest BCUT2D eigenvalue weighted by molar-refractivity contribution is -0.135. The molecule has 1 saturated carbocycles. The largest absolute Gasteiger partial charge is 0.492 e. The Kier molecular flexibility index (Phi) is 7.59. The SMILES string of the molecule is COc1c(N2C[C@@H]3CCCN(C(=O)CC(P(=O)(O)O)P(=O)(O)O)[C@@H]3C2)c(F)cc2c(=O)c(C(=O)O)cn(C3CC3)c12. The molecule has 0 bridgehead atoms. The fraction of sp³-hybridized carbons (Fsp3) is 0.542. The van der Waals surface area contributed by atoms with Crippen molar-refractivity contribution in [3.05, 3.63) is 33.9 Å². The Bertz CT molecular complexity index is 1560. The molecule has 1 amide bonds. The highest BCUT2D eigenvalue weighted by atomic mass is 31.2. The number of ether oxygens (including phenoxy) is 1. The van der Waals surface area contributed by atoms with Gasteiger partial charge in [-0.15, -0.1) is 0 Å². The van der Waals surface area contributed by atoms with Crippen molar-refractivity contribution in [1.29, 1.82) is 0 Å². The number of carboxylic acid groups (broad SMARTS) is 1. The summed E-state index contributed by atoms with van der Waals surface area (Å²) in [6, 6.07) is 0.370. The van der Waals surface area contributed by atoms with E-state index in [0.717, 1.165) is 18.9 Å². The highest BCUT2D eigenvalue weighted by Crippen LogP contribution is 2.61. The summed E-state index contributed by atoms with van der Waals surface area (Å²) in [5.74, 6) is -3.22. The van der Waals surface area contributed by atoms with Crippen LogP contribution in [0.5, 0.6) is 5.75 Å². The molecule has 0 unspecified atom stereocenters. The number of aromatic nitrogens is 1. The molecule has 1 aromatic heterocycles. The molecule has 41 heavy (non-hydrogen) atoms.